The summed E-state index contributed by atoms with van der Waals surface area (Å²) in [6.45, 7) is 0.788. The standard InChI is InChI=1S/C21H25N3O5/c1-26-21-20(28-13-16-10-6-3-7-11-16)19(25)18(23-24-22)17(29-21)14-27-12-15-8-4-2-5-9-15/h2-11,17-21,25H,12-14H2,1H3/t17-,18+,19+,20-,21+/m1/s1. The normalized spacial score (nSPS) is 26.6. The number of rotatable bonds is 9. The number of benzene rings is 2. The van der Waals surface area contributed by atoms with Gasteiger partial charge >= 0.3 is 0 Å². The van der Waals surface area contributed by atoms with E-state index < -0.39 is 30.6 Å². The van der Waals surface area contributed by atoms with Crippen molar-refractivity contribution in [3.8, 4) is 0 Å². The van der Waals surface area contributed by atoms with Crippen LogP contribution in [0.2, 0.25) is 0 Å². The lowest BCUT2D eigenvalue weighted by atomic mass is 9.97. The Morgan fingerprint density at radius 3 is 2.24 bits per heavy atom. The van der Waals surface area contributed by atoms with Crippen LogP contribution in [-0.2, 0) is 32.2 Å². The highest BCUT2D eigenvalue weighted by molar-refractivity contribution is 5.14. The molecule has 1 N–H and O–H groups in total. The molecule has 0 radical (unpaired) electrons. The average molecular weight is 399 g/mol. The van der Waals surface area contributed by atoms with Crippen LogP contribution in [0.3, 0.4) is 0 Å². The van der Waals surface area contributed by atoms with Crippen LogP contribution < -0.4 is 0 Å². The Bertz CT molecular complexity index is 783. The van der Waals surface area contributed by atoms with Gasteiger partial charge in [-0.05, 0) is 16.7 Å². The van der Waals surface area contributed by atoms with Crippen LogP contribution in [0, 0.1) is 0 Å². The van der Waals surface area contributed by atoms with E-state index >= 15 is 0 Å². The first-order chi connectivity index (χ1) is 14.2. The molecule has 8 heteroatoms. The van der Waals surface area contributed by atoms with Crippen molar-refractivity contribution in [3.05, 3.63) is 82.2 Å². The van der Waals surface area contributed by atoms with Crippen LogP contribution in [0.1, 0.15) is 11.1 Å². The van der Waals surface area contributed by atoms with E-state index in [1.165, 1.54) is 7.11 Å². The summed E-state index contributed by atoms with van der Waals surface area (Å²) in [4.78, 5) is 2.86. The van der Waals surface area contributed by atoms with Crippen molar-refractivity contribution < 1.29 is 24.1 Å². The largest absolute Gasteiger partial charge is 0.390 e. The fourth-order valence-electron chi connectivity index (χ4n) is 3.25. The summed E-state index contributed by atoms with van der Waals surface area (Å²) in [7, 11) is 1.48. The minimum atomic E-state index is -1.10. The number of azide groups is 1. The minimum Gasteiger partial charge on any atom is -0.390 e. The maximum atomic E-state index is 10.8. The van der Waals surface area contributed by atoms with E-state index in [0.29, 0.717) is 6.61 Å². The van der Waals surface area contributed by atoms with E-state index in [2.05, 4.69) is 10.0 Å². The summed E-state index contributed by atoms with van der Waals surface area (Å²) >= 11 is 0. The van der Waals surface area contributed by atoms with Crippen LogP contribution in [0.4, 0.5) is 0 Å². The molecule has 2 aromatic carbocycles. The van der Waals surface area contributed by atoms with Crippen LogP contribution in [0.5, 0.6) is 0 Å². The molecule has 0 bridgehead atoms. The maximum Gasteiger partial charge on any atom is 0.186 e. The molecule has 2 aromatic rings. The number of ether oxygens (including phenoxy) is 4. The SMILES string of the molecule is CO[C@H]1O[C@H](COCc2ccccc2)[C@H](N=[N+]=[N-])[C@H](O)[C@H]1OCc1ccccc1. The van der Waals surface area contributed by atoms with Crippen LogP contribution in [-0.4, -0.2) is 49.5 Å². The van der Waals surface area contributed by atoms with E-state index in [0.717, 1.165) is 11.1 Å². The molecule has 154 valence electrons. The van der Waals surface area contributed by atoms with Gasteiger partial charge in [0.1, 0.15) is 6.10 Å². The summed E-state index contributed by atoms with van der Waals surface area (Å²) in [5, 5.41) is 14.6. The van der Waals surface area contributed by atoms with Crippen molar-refractivity contribution in [2.75, 3.05) is 13.7 Å². The van der Waals surface area contributed by atoms with Crippen molar-refractivity contribution in [3.63, 3.8) is 0 Å². The second kappa shape index (κ2) is 10.9. The Morgan fingerprint density at radius 1 is 1.03 bits per heavy atom. The van der Waals surface area contributed by atoms with Gasteiger partial charge in [0.25, 0.3) is 0 Å². The van der Waals surface area contributed by atoms with Gasteiger partial charge in [-0.3, -0.25) is 0 Å². The number of aliphatic hydroxyl groups is 1. The minimum absolute atomic E-state index is 0.140. The zero-order chi connectivity index (χ0) is 20.5. The lowest BCUT2D eigenvalue weighted by Crippen LogP contribution is -2.59. The molecule has 1 saturated heterocycles. The van der Waals surface area contributed by atoms with Gasteiger partial charge in [-0.25, -0.2) is 0 Å². The third-order valence-corrected chi connectivity index (χ3v) is 4.74. The zero-order valence-electron chi connectivity index (χ0n) is 16.2. The van der Waals surface area contributed by atoms with Crippen LogP contribution >= 0.6 is 0 Å². The van der Waals surface area contributed by atoms with Gasteiger partial charge in [0.15, 0.2) is 6.29 Å². The van der Waals surface area contributed by atoms with E-state index in [1.54, 1.807) is 0 Å². The third-order valence-electron chi connectivity index (χ3n) is 4.74. The summed E-state index contributed by atoms with van der Waals surface area (Å²) in [5.41, 5.74) is 10.9. The predicted molar refractivity (Wildman–Crippen MR) is 106 cm³/mol. The molecule has 0 aliphatic carbocycles. The third kappa shape index (κ3) is 5.77. The Hall–Kier alpha value is -2.45. The first-order valence-electron chi connectivity index (χ1n) is 9.40. The van der Waals surface area contributed by atoms with E-state index in [4.69, 9.17) is 24.5 Å². The Kier molecular flexibility index (Phi) is 8.01. The molecule has 1 aliphatic heterocycles. The second-order valence-corrected chi connectivity index (χ2v) is 6.73. The van der Waals surface area contributed by atoms with Crippen molar-refractivity contribution >= 4 is 0 Å². The highest BCUT2D eigenvalue weighted by Gasteiger charge is 2.46. The van der Waals surface area contributed by atoms with Gasteiger partial charge in [0.2, 0.25) is 0 Å². The molecular weight excluding hydrogens is 374 g/mol. The number of aliphatic hydroxyl groups excluding tert-OH is 1. The molecule has 5 atom stereocenters. The van der Waals surface area contributed by atoms with Gasteiger partial charge < -0.3 is 24.1 Å². The van der Waals surface area contributed by atoms with Crippen molar-refractivity contribution in [2.45, 2.75) is 43.9 Å². The Morgan fingerprint density at radius 2 is 1.66 bits per heavy atom. The second-order valence-electron chi connectivity index (χ2n) is 6.73. The fraction of sp³-hybridized carbons (Fsp3) is 0.429. The van der Waals surface area contributed by atoms with Gasteiger partial charge in [-0.2, -0.15) is 0 Å². The number of methoxy groups -OCH3 is 1. The molecule has 0 amide bonds. The number of nitrogens with zero attached hydrogens (tertiary/aromatic N) is 3. The Balaban J connectivity index is 1.64. The monoisotopic (exact) mass is 399 g/mol. The number of hydrogen-bond acceptors (Lipinski definition) is 6. The zero-order valence-corrected chi connectivity index (χ0v) is 16.2. The van der Waals surface area contributed by atoms with Gasteiger partial charge in [0.05, 0.1) is 38.1 Å². The van der Waals surface area contributed by atoms with Gasteiger partial charge in [-0.15, -0.1) is 0 Å². The van der Waals surface area contributed by atoms with Crippen molar-refractivity contribution in [1.82, 2.24) is 0 Å². The first-order valence-corrected chi connectivity index (χ1v) is 9.40. The van der Waals surface area contributed by atoms with E-state index in [1.807, 2.05) is 60.7 Å². The highest BCUT2D eigenvalue weighted by Crippen LogP contribution is 2.27. The van der Waals surface area contributed by atoms with Gasteiger partial charge in [-0.1, -0.05) is 65.8 Å². The van der Waals surface area contributed by atoms with E-state index in [-0.39, 0.29) is 13.2 Å². The summed E-state index contributed by atoms with van der Waals surface area (Å²) in [6, 6.07) is 18.4. The van der Waals surface area contributed by atoms with Crippen molar-refractivity contribution in [1.29, 1.82) is 0 Å². The maximum absolute atomic E-state index is 10.8. The lowest BCUT2D eigenvalue weighted by molar-refractivity contribution is -0.283. The predicted octanol–water partition coefficient (Wildman–Crippen LogP) is 3.20. The molecule has 0 aromatic heterocycles. The smallest absolute Gasteiger partial charge is 0.186 e. The fourth-order valence-corrected chi connectivity index (χ4v) is 3.25. The van der Waals surface area contributed by atoms with Crippen molar-refractivity contribution in [2.24, 2.45) is 5.11 Å². The molecule has 29 heavy (non-hydrogen) atoms. The molecule has 1 aliphatic rings. The molecule has 8 nitrogen and oxygen atoms in total. The molecule has 3 rings (SSSR count). The molecule has 1 heterocycles. The topological polar surface area (TPSA) is 106 Å². The highest BCUT2D eigenvalue weighted by atomic mass is 16.7. The van der Waals surface area contributed by atoms with E-state index in [9.17, 15) is 5.11 Å². The van der Waals surface area contributed by atoms with Gasteiger partial charge in [0, 0.05) is 12.0 Å². The molecular formula is C21H25N3O5. The summed E-state index contributed by atoms with van der Waals surface area (Å²) in [6.07, 6.45) is -3.38. The molecule has 0 unspecified atom stereocenters. The average Bonchev–Trinajstić information content (AvgIpc) is 2.76. The Labute approximate surface area is 169 Å². The quantitative estimate of drug-likeness (QED) is 0.396. The molecule has 0 saturated carbocycles. The molecule has 1 fully saturated rings. The lowest BCUT2D eigenvalue weighted by Gasteiger charge is -2.42. The molecule has 0 spiro atoms. The number of hydrogen-bond donors (Lipinski definition) is 1. The summed E-state index contributed by atoms with van der Waals surface area (Å²) < 4.78 is 22.9. The first kappa shape index (κ1) is 21.3. The van der Waals surface area contributed by atoms with Crippen LogP contribution in [0.25, 0.3) is 10.4 Å². The summed E-state index contributed by atoms with van der Waals surface area (Å²) in [5.74, 6) is 0. The van der Waals surface area contributed by atoms with Crippen LogP contribution in [0.15, 0.2) is 65.8 Å².